The quantitative estimate of drug-likeness (QED) is 0.738. The Morgan fingerprint density at radius 3 is 3.00 bits per heavy atom. The molecule has 1 aliphatic carbocycles. The molecule has 2 aromatic carbocycles. The Kier molecular flexibility index (Phi) is 2.78. The van der Waals surface area contributed by atoms with Gasteiger partial charge in [0.05, 0.1) is 6.04 Å². The highest BCUT2D eigenvalue weighted by molar-refractivity contribution is 5.98. The summed E-state index contributed by atoms with van der Waals surface area (Å²) in [5, 5.41) is 4.22. The van der Waals surface area contributed by atoms with Crippen molar-refractivity contribution in [1.82, 2.24) is 10.3 Å². The fourth-order valence-corrected chi connectivity index (χ4v) is 3.14. The van der Waals surface area contributed by atoms with E-state index in [9.17, 15) is 4.79 Å². The maximum Gasteiger partial charge on any atom is 0.251 e. The predicted octanol–water partition coefficient (Wildman–Crippen LogP) is 3.59. The first kappa shape index (κ1) is 12.2. The molecule has 0 fully saturated rings. The van der Waals surface area contributed by atoms with E-state index in [2.05, 4.69) is 28.5 Å². The summed E-state index contributed by atoms with van der Waals surface area (Å²) in [6, 6.07) is 16.2. The standard InChI is InChI=1S/C18H16N2O/c21-18(14-6-7-16-13(11-14)9-10-19-16)20-17-8-5-12-3-1-2-4-15(12)17/h1-4,6-7,9-11,17,19H,5,8H2,(H,20,21). The van der Waals surface area contributed by atoms with Crippen molar-refractivity contribution < 1.29 is 4.79 Å². The van der Waals surface area contributed by atoms with Gasteiger partial charge in [-0.1, -0.05) is 24.3 Å². The number of aryl methyl sites for hydroxylation is 1. The summed E-state index contributed by atoms with van der Waals surface area (Å²) in [6.07, 6.45) is 3.91. The normalized spacial score (nSPS) is 16.9. The largest absolute Gasteiger partial charge is 0.361 e. The molecular weight excluding hydrogens is 260 g/mol. The van der Waals surface area contributed by atoms with Gasteiger partial charge in [-0.3, -0.25) is 4.79 Å². The molecule has 2 N–H and O–H groups in total. The third-order valence-electron chi connectivity index (χ3n) is 4.25. The molecule has 3 heteroatoms. The van der Waals surface area contributed by atoms with E-state index in [1.807, 2.05) is 36.5 Å². The van der Waals surface area contributed by atoms with E-state index in [-0.39, 0.29) is 11.9 Å². The first-order chi connectivity index (χ1) is 10.3. The average Bonchev–Trinajstić information content (AvgIpc) is 3.13. The van der Waals surface area contributed by atoms with Gasteiger partial charge in [0.15, 0.2) is 0 Å². The summed E-state index contributed by atoms with van der Waals surface area (Å²) < 4.78 is 0. The maximum atomic E-state index is 12.5. The van der Waals surface area contributed by atoms with Crippen LogP contribution in [-0.4, -0.2) is 10.9 Å². The average molecular weight is 276 g/mol. The monoisotopic (exact) mass is 276 g/mol. The Morgan fingerprint density at radius 2 is 2.05 bits per heavy atom. The zero-order chi connectivity index (χ0) is 14.2. The molecule has 0 saturated heterocycles. The van der Waals surface area contributed by atoms with Crippen molar-refractivity contribution in [2.75, 3.05) is 0 Å². The van der Waals surface area contributed by atoms with Crippen LogP contribution in [0.1, 0.15) is 33.9 Å². The highest BCUT2D eigenvalue weighted by Gasteiger charge is 2.23. The van der Waals surface area contributed by atoms with Crippen LogP contribution in [0, 0.1) is 0 Å². The minimum atomic E-state index is -0.000182. The number of benzene rings is 2. The van der Waals surface area contributed by atoms with Gasteiger partial charge in [-0.2, -0.15) is 0 Å². The van der Waals surface area contributed by atoms with Gasteiger partial charge in [0.1, 0.15) is 0 Å². The van der Waals surface area contributed by atoms with Crippen molar-refractivity contribution in [2.24, 2.45) is 0 Å². The van der Waals surface area contributed by atoms with Gasteiger partial charge >= 0.3 is 0 Å². The molecule has 3 nitrogen and oxygen atoms in total. The number of nitrogens with one attached hydrogen (secondary N) is 2. The number of fused-ring (bicyclic) bond motifs is 2. The van der Waals surface area contributed by atoms with Gasteiger partial charge in [-0.15, -0.1) is 0 Å². The van der Waals surface area contributed by atoms with Gasteiger partial charge in [0, 0.05) is 22.7 Å². The van der Waals surface area contributed by atoms with Crippen molar-refractivity contribution in [1.29, 1.82) is 0 Å². The number of carbonyl (C=O) groups excluding carboxylic acids is 1. The van der Waals surface area contributed by atoms with Crippen molar-refractivity contribution in [2.45, 2.75) is 18.9 Å². The molecule has 0 radical (unpaired) electrons. The highest BCUT2D eigenvalue weighted by atomic mass is 16.1. The van der Waals surface area contributed by atoms with Crippen molar-refractivity contribution in [3.63, 3.8) is 0 Å². The number of aromatic nitrogens is 1. The Bertz CT molecular complexity index is 819. The second kappa shape index (κ2) is 4.77. The van der Waals surface area contributed by atoms with Gasteiger partial charge in [0.2, 0.25) is 0 Å². The van der Waals surface area contributed by atoms with Crippen molar-refractivity contribution in [3.8, 4) is 0 Å². The second-order valence-corrected chi connectivity index (χ2v) is 5.54. The summed E-state index contributed by atoms with van der Waals surface area (Å²) in [4.78, 5) is 15.6. The Hall–Kier alpha value is -2.55. The molecule has 0 saturated carbocycles. The Balaban J connectivity index is 1.58. The highest BCUT2D eigenvalue weighted by Crippen LogP contribution is 2.31. The third-order valence-corrected chi connectivity index (χ3v) is 4.25. The number of hydrogen-bond acceptors (Lipinski definition) is 1. The zero-order valence-electron chi connectivity index (χ0n) is 11.6. The van der Waals surface area contributed by atoms with Crippen LogP contribution in [0.5, 0.6) is 0 Å². The predicted molar refractivity (Wildman–Crippen MR) is 83.3 cm³/mol. The molecule has 1 atom stereocenters. The number of hydrogen-bond donors (Lipinski definition) is 2. The topological polar surface area (TPSA) is 44.9 Å². The van der Waals surface area contributed by atoms with Gasteiger partial charge in [-0.05, 0) is 48.2 Å². The molecule has 1 aromatic heterocycles. The van der Waals surface area contributed by atoms with Crippen LogP contribution < -0.4 is 5.32 Å². The van der Waals surface area contributed by atoms with E-state index in [1.54, 1.807) is 0 Å². The van der Waals surface area contributed by atoms with Crippen LogP contribution in [0.15, 0.2) is 54.7 Å². The first-order valence-corrected chi connectivity index (χ1v) is 7.27. The summed E-state index contributed by atoms with van der Waals surface area (Å²) in [5.41, 5.74) is 4.38. The summed E-state index contributed by atoms with van der Waals surface area (Å²) in [6.45, 7) is 0. The molecule has 1 amide bonds. The lowest BCUT2D eigenvalue weighted by molar-refractivity contribution is 0.0937. The Morgan fingerprint density at radius 1 is 1.14 bits per heavy atom. The van der Waals surface area contributed by atoms with E-state index in [1.165, 1.54) is 11.1 Å². The van der Waals surface area contributed by atoms with Gasteiger partial charge in [0.25, 0.3) is 5.91 Å². The molecule has 104 valence electrons. The van der Waals surface area contributed by atoms with Crippen LogP contribution in [-0.2, 0) is 6.42 Å². The SMILES string of the molecule is O=C(NC1CCc2ccccc21)c1ccc2[nH]ccc2c1. The molecule has 21 heavy (non-hydrogen) atoms. The van der Waals surface area contributed by atoms with E-state index in [0.717, 1.165) is 23.7 Å². The van der Waals surface area contributed by atoms with E-state index in [4.69, 9.17) is 0 Å². The van der Waals surface area contributed by atoms with Crippen LogP contribution in [0.3, 0.4) is 0 Å². The van der Waals surface area contributed by atoms with E-state index < -0.39 is 0 Å². The molecule has 0 aliphatic heterocycles. The first-order valence-electron chi connectivity index (χ1n) is 7.27. The van der Waals surface area contributed by atoms with E-state index in [0.29, 0.717) is 5.56 Å². The summed E-state index contributed by atoms with van der Waals surface area (Å²) in [5.74, 6) is -0.000182. The number of amides is 1. The number of carbonyl (C=O) groups is 1. The number of aromatic amines is 1. The van der Waals surface area contributed by atoms with Crippen LogP contribution in [0.4, 0.5) is 0 Å². The van der Waals surface area contributed by atoms with Crippen LogP contribution in [0.25, 0.3) is 10.9 Å². The molecule has 1 heterocycles. The second-order valence-electron chi connectivity index (χ2n) is 5.54. The van der Waals surface area contributed by atoms with Gasteiger partial charge in [-0.25, -0.2) is 0 Å². The minimum absolute atomic E-state index is 0.000182. The molecule has 1 unspecified atom stereocenters. The smallest absolute Gasteiger partial charge is 0.251 e. The molecular formula is C18H16N2O. The van der Waals surface area contributed by atoms with Gasteiger partial charge < -0.3 is 10.3 Å². The molecule has 0 bridgehead atoms. The minimum Gasteiger partial charge on any atom is -0.361 e. The molecule has 1 aliphatic rings. The fraction of sp³-hybridized carbons (Fsp3) is 0.167. The van der Waals surface area contributed by atoms with Crippen LogP contribution >= 0.6 is 0 Å². The number of rotatable bonds is 2. The van der Waals surface area contributed by atoms with Crippen LogP contribution in [0.2, 0.25) is 0 Å². The molecule has 3 aromatic rings. The summed E-state index contributed by atoms with van der Waals surface area (Å²) >= 11 is 0. The Labute approximate surface area is 123 Å². The van der Waals surface area contributed by atoms with Crippen molar-refractivity contribution in [3.05, 3.63) is 71.4 Å². The fourth-order valence-electron chi connectivity index (χ4n) is 3.14. The lowest BCUT2D eigenvalue weighted by Crippen LogP contribution is -2.27. The summed E-state index contributed by atoms with van der Waals surface area (Å²) in [7, 11) is 0. The molecule has 0 spiro atoms. The lowest BCUT2D eigenvalue weighted by atomic mass is 10.1. The van der Waals surface area contributed by atoms with Crippen molar-refractivity contribution >= 4 is 16.8 Å². The third kappa shape index (κ3) is 2.11. The zero-order valence-corrected chi connectivity index (χ0v) is 11.6. The lowest BCUT2D eigenvalue weighted by Gasteiger charge is -2.14. The maximum absolute atomic E-state index is 12.5. The van der Waals surface area contributed by atoms with E-state index >= 15 is 0 Å². The molecule has 4 rings (SSSR count). The number of H-pyrrole nitrogens is 1.